The van der Waals surface area contributed by atoms with Crippen LogP contribution in [0.2, 0.25) is 0 Å². The van der Waals surface area contributed by atoms with E-state index in [4.69, 9.17) is 4.74 Å². The van der Waals surface area contributed by atoms with Crippen molar-refractivity contribution in [1.29, 1.82) is 0 Å². The molecule has 0 spiro atoms. The Labute approximate surface area is 195 Å². The Hall–Kier alpha value is -3.68. The van der Waals surface area contributed by atoms with E-state index in [2.05, 4.69) is 49.5 Å². The van der Waals surface area contributed by atoms with Crippen LogP contribution in [-0.4, -0.2) is 40.9 Å². The Kier molecular flexibility index (Phi) is 7.68. The van der Waals surface area contributed by atoms with Crippen LogP contribution in [0.15, 0.2) is 59.7 Å². The maximum atomic E-state index is 5.91. The van der Waals surface area contributed by atoms with Crippen LogP contribution in [0.4, 0.5) is 23.5 Å². The number of anilines is 4. The van der Waals surface area contributed by atoms with E-state index in [1.54, 1.807) is 6.21 Å². The summed E-state index contributed by atoms with van der Waals surface area (Å²) in [6.07, 6.45) is 5.25. The van der Waals surface area contributed by atoms with E-state index in [9.17, 15) is 0 Å². The predicted octanol–water partition coefficient (Wildman–Crippen LogP) is 5.09. The molecule has 2 N–H and O–H groups in total. The Morgan fingerprint density at radius 1 is 0.939 bits per heavy atom. The number of piperidine rings is 1. The second-order valence-corrected chi connectivity index (χ2v) is 8.43. The summed E-state index contributed by atoms with van der Waals surface area (Å²) in [7, 11) is 0. The third-order valence-corrected chi connectivity index (χ3v) is 5.15. The van der Waals surface area contributed by atoms with E-state index < -0.39 is 0 Å². The average Bonchev–Trinajstić information content (AvgIpc) is 2.84. The summed E-state index contributed by atoms with van der Waals surface area (Å²) in [4.78, 5) is 16.0. The minimum absolute atomic E-state index is 0.390. The normalized spacial score (nSPS) is 14.0. The standard InChI is InChI=1S/C25H31N7O/c1-19(2)18-33-22-14-8-7-11-20(22)17-26-31-24-28-23(27-21-12-5-3-6-13-21)29-25(30-24)32-15-9-4-10-16-32/h3,5-8,11-14,17,19H,4,9-10,15-16,18H2,1-2H3,(H2,27,28,29,30,31)/b26-17-. The monoisotopic (exact) mass is 445 g/mol. The van der Waals surface area contributed by atoms with Gasteiger partial charge in [-0.15, -0.1) is 0 Å². The molecule has 2 aromatic carbocycles. The van der Waals surface area contributed by atoms with Crippen molar-refractivity contribution in [2.75, 3.05) is 35.3 Å². The molecule has 8 heteroatoms. The van der Waals surface area contributed by atoms with Gasteiger partial charge in [0.1, 0.15) is 5.75 Å². The molecular weight excluding hydrogens is 414 g/mol. The van der Waals surface area contributed by atoms with Crippen molar-refractivity contribution in [3.05, 3.63) is 60.2 Å². The molecule has 0 unspecified atom stereocenters. The molecule has 3 aromatic rings. The maximum Gasteiger partial charge on any atom is 0.250 e. The van der Waals surface area contributed by atoms with Crippen molar-refractivity contribution >= 4 is 29.7 Å². The highest BCUT2D eigenvalue weighted by atomic mass is 16.5. The van der Waals surface area contributed by atoms with Gasteiger partial charge >= 0.3 is 0 Å². The molecule has 0 saturated carbocycles. The smallest absolute Gasteiger partial charge is 0.250 e. The first-order chi connectivity index (χ1) is 16.2. The van der Waals surface area contributed by atoms with Gasteiger partial charge in [-0.05, 0) is 49.4 Å². The zero-order chi connectivity index (χ0) is 22.9. The average molecular weight is 446 g/mol. The molecule has 1 aliphatic heterocycles. The van der Waals surface area contributed by atoms with E-state index in [1.807, 2.05) is 54.6 Å². The fourth-order valence-electron chi connectivity index (χ4n) is 3.49. The molecule has 1 aromatic heterocycles. The van der Waals surface area contributed by atoms with Crippen LogP contribution >= 0.6 is 0 Å². The molecule has 1 fully saturated rings. The Morgan fingerprint density at radius 2 is 1.67 bits per heavy atom. The topological polar surface area (TPSA) is 87.6 Å². The summed E-state index contributed by atoms with van der Waals surface area (Å²) in [6.45, 7) is 6.79. The van der Waals surface area contributed by atoms with Crippen molar-refractivity contribution in [1.82, 2.24) is 15.0 Å². The van der Waals surface area contributed by atoms with Gasteiger partial charge in [-0.3, -0.25) is 0 Å². The first kappa shape index (κ1) is 22.5. The third kappa shape index (κ3) is 6.65. The lowest BCUT2D eigenvalue weighted by Gasteiger charge is -2.26. The fraction of sp³-hybridized carbons (Fsp3) is 0.360. The summed E-state index contributed by atoms with van der Waals surface area (Å²) in [5.41, 5.74) is 4.78. The summed E-state index contributed by atoms with van der Waals surface area (Å²) < 4.78 is 5.91. The first-order valence-electron chi connectivity index (χ1n) is 11.5. The van der Waals surface area contributed by atoms with Crippen LogP contribution < -0.4 is 20.4 Å². The number of nitrogens with zero attached hydrogens (tertiary/aromatic N) is 5. The number of rotatable bonds is 9. The summed E-state index contributed by atoms with van der Waals surface area (Å²) in [5, 5.41) is 7.65. The minimum Gasteiger partial charge on any atom is -0.493 e. The van der Waals surface area contributed by atoms with E-state index in [0.717, 1.165) is 42.9 Å². The highest BCUT2D eigenvalue weighted by molar-refractivity contribution is 5.83. The SMILES string of the molecule is CC(C)COc1ccccc1/C=N\Nc1nc(Nc2ccccc2)nc(N2CCCCC2)n1. The van der Waals surface area contributed by atoms with Crippen LogP contribution in [-0.2, 0) is 0 Å². The number of hydrogen-bond donors (Lipinski definition) is 2. The van der Waals surface area contributed by atoms with Gasteiger partial charge in [0.2, 0.25) is 17.8 Å². The largest absolute Gasteiger partial charge is 0.493 e. The highest BCUT2D eigenvalue weighted by Gasteiger charge is 2.16. The Morgan fingerprint density at radius 3 is 2.45 bits per heavy atom. The molecule has 172 valence electrons. The zero-order valence-electron chi connectivity index (χ0n) is 19.2. The Balaban J connectivity index is 1.53. The lowest BCUT2D eigenvalue weighted by atomic mass is 10.1. The highest BCUT2D eigenvalue weighted by Crippen LogP contribution is 2.21. The molecule has 0 atom stereocenters. The van der Waals surface area contributed by atoms with Gasteiger partial charge in [0.15, 0.2) is 0 Å². The molecule has 2 heterocycles. The van der Waals surface area contributed by atoms with Crippen LogP contribution in [0.5, 0.6) is 5.75 Å². The minimum atomic E-state index is 0.390. The van der Waals surface area contributed by atoms with Crippen LogP contribution in [0.3, 0.4) is 0 Å². The maximum absolute atomic E-state index is 5.91. The van der Waals surface area contributed by atoms with Crippen molar-refractivity contribution in [3.63, 3.8) is 0 Å². The second-order valence-electron chi connectivity index (χ2n) is 8.43. The van der Waals surface area contributed by atoms with E-state index >= 15 is 0 Å². The molecule has 33 heavy (non-hydrogen) atoms. The van der Waals surface area contributed by atoms with Gasteiger partial charge in [0.25, 0.3) is 0 Å². The molecule has 1 aliphatic rings. The number of hydrazone groups is 1. The lowest BCUT2D eigenvalue weighted by Crippen LogP contribution is -2.31. The van der Waals surface area contributed by atoms with Gasteiger partial charge in [0.05, 0.1) is 12.8 Å². The van der Waals surface area contributed by atoms with E-state index in [-0.39, 0.29) is 0 Å². The first-order valence-corrected chi connectivity index (χ1v) is 11.5. The third-order valence-electron chi connectivity index (χ3n) is 5.15. The molecular formula is C25H31N7O. The molecule has 0 aliphatic carbocycles. The second kappa shape index (κ2) is 11.3. The van der Waals surface area contributed by atoms with E-state index in [0.29, 0.717) is 30.4 Å². The summed E-state index contributed by atoms with van der Waals surface area (Å²) in [6, 6.07) is 17.7. The molecule has 0 bridgehead atoms. The predicted molar refractivity (Wildman–Crippen MR) is 134 cm³/mol. The van der Waals surface area contributed by atoms with Gasteiger partial charge < -0.3 is 15.0 Å². The number of benzene rings is 2. The van der Waals surface area contributed by atoms with Crippen molar-refractivity contribution in [3.8, 4) is 5.75 Å². The molecule has 8 nitrogen and oxygen atoms in total. The summed E-state index contributed by atoms with van der Waals surface area (Å²) >= 11 is 0. The van der Waals surface area contributed by atoms with Gasteiger partial charge in [-0.1, -0.05) is 44.2 Å². The number of hydrogen-bond acceptors (Lipinski definition) is 8. The number of ether oxygens (including phenoxy) is 1. The molecule has 0 radical (unpaired) electrons. The van der Waals surface area contributed by atoms with Crippen LogP contribution in [0, 0.1) is 5.92 Å². The lowest BCUT2D eigenvalue weighted by molar-refractivity contribution is 0.271. The van der Waals surface area contributed by atoms with Gasteiger partial charge in [-0.25, -0.2) is 5.43 Å². The zero-order valence-corrected chi connectivity index (χ0v) is 19.2. The summed E-state index contributed by atoms with van der Waals surface area (Å²) in [5.74, 6) is 2.77. The van der Waals surface area contributed by atoms with E-state index in [1.165, 1.54) is 6.42 Å². The molecule has 0 amide bonds. The number of aromatic nitrogens is 3. The van der Waals surface area contributed by atoms with Gasteiger partial charge in [0, 0.05) is 24.3 Å². The van der Waals surface area contributed by atoms with Crippen LogP contribution in [0.1, 0.15) is 38.7 Å². The Bertz CT molecular complexity index is 1050. The quantitative estimate of drug-likeness (QED) is 0.350. The van der Waals surface area contributed by atoms with Crippen LogP contribution in [0.25, 0.3) is 0 Å². The van der Waals surface area contributed by atoms with Crippen molar-refractivity contribution in [2.45, 2.75) is 33.1 Å². The fourth-order valence-corrected chi connectivity index (χ4v) is 3.49. The number of para-hydroxylation sites is 2. The van der Waals surface area contributed by atoms with Crippen molar-refractivity contribution in [2.24, 2.45) is 11.0 Å². The van der Waals surface area contributed by atoms with Gasteiger partial charge in [-0.2, -0.15) is 20.1 Å². The van der Waals surface area contributed by atoms with Crippen molar-refractivity contribution < 1.29 is 4.74 Å². The molecule has 1 saturated heterocycles. The molecule has 4 rings (SSSR count). The number of nitrogens with one attached hydrogen (secondary N) is 2.